The zero-order valence-corrected chi connectivity index (χ0v) is 12.7. The number of hydrogen-bond donors (Lipinski definition) is 1. The summed E-state index contributed by atoms with van der Waals surface area (Å²) < 4.78 is 0. The highest BCUT2D eigenvalue weighted by atomic mass is 15.3. The molecule has 4 nitrogen and oxygen atoms in total. The summed E-state index contributed by atoms with van der Waals surface area (Å²) in [5, 5.41) is 3.53. The van der Waals surface area contributed by atoms with Gasteiger partial charge < -0.3 is 10.2 Å². The number of likely N-dealkylation sites (N-methyl/N-ethyl adjacent to an activating group) is 1. The predicted molar refractivity (Wildman–Crippen MR) is 81.5 cm³/mol. The topological polar surface area (TPSA) is 31.4 Å². The Morgan fingerprint density at radius 2 is 2.15 bits per heavy atom. The highest BCUT2D eigenvalue weighted by molar-refractivity contribution is 5.14. The van der Waals surface area contributed by atoms with E-state index in [-0.39, 0.29) is 0 Å². The quantitative estimate of drug-likeness (QED) is 0.881. The summed E-state index contributed by atoms with van der Waals surface area (Å²) >= 11 is 0. The monoisotopic (exact) mass is 274 g/mol. The SMILES string of the molecule is CC1CN(C)CCN1Cc1ccc(CNC2CC2)cn1. The molecule has 0 amide bonds. The normalized spacial score (nSPS) is 25.0. The van der Waals surface area contributed by atoms with Crippen LogP contribution in [0, 0.1) is 0 Å². The minimum atomic E-state index is 0.617. The molecule has 3 rings (SSSR count). The first-order chi connectivity index (χ1) is 9.70. The van der Waals surface area contributed by atoms with Gasteiger partial charge in [0.05, 0.1) is 5.69 Å². The molecule has 1 aliphatic carbocycles. The first-order valence-electron chi connectivity index (χ1n) is 7.80. The van der Waals surface area contributed by atoms with Crippen LogP contribution in [0.3, 0.4) is 0 Å². The molecule has 110 valence electrons. The molecule has 4 heteroatoms. The standard InChI is InChI=1S/C16H26N4/c1-13-11-19(2)7-8-20(13)12-16-4-3-14(10-18-16)9-17-15-5-6-15/h3-4,10,13,15,17H,5-9,11-12H2,1-2H3. The third-order valence-corrected chi connectivity index (χ3v) is 4.39. The van der Waals surface area contributed by atoms with Gasteiger partial charge in [0.2, 0.25) is 0 Å². The van der Waals surface area contributed by atoms with Gasteiger partial charge in [-0.2, -0.15) is 0 Å². The van der Waals surface area contributed by atoms with Crippen LogP contribution in [0.4, 0.5) is 0 Å². The lowest BCUT2D eigenvalue weighted by Crippen LogP contribution is -2.49. The number of aromatic nitrogens is 1. The summed E-state index contributed by atoms with van der Waals surface area (Å²) in [5.74, 6) is 0. The fraction of sp³-hybridized carbons (Fsp3) is 0.688. The maximum Gasteiger partial charge on any atom is 0.0544 e. The fourth-order valence-corrected chi connectivity index (χ4v) is 2.82. The van der Waals surface area contributed by atoms with Crippen molar-refractivity contribution >= 4 is 0 Å². The lowest BCUT2D eigenvalue weighted by molar-refractivity contribution is 0.0927. The van der Waals surface area contributed by atoms with Gasteiger partial charge in [0.15, 0.2) is 0 Å². The van der Waals surface area contributed by atoms with Crippen LogP contribution in [0.5, 0.6) is 0 Å². The van der Waals surface area contributed by atoms with Gasteiger partial charge in [-0.25, -0.2) is 0 Å². The Kier molecular flexibility index (Phi) is 4.34. The highest BCUT2D eigenvalue weighted by Gasteiger charge is 2.22. The molecule has 1 saturated heterocycles. The molecule has 1 aromatic heterocycles. The van der Waals surface area contributed by atoms with Gasteiger partial charge in [0.1, 0.15) is 0 Å². The zero-order chi connectivity index (χ0) is 13.9. The van der Waals surface area contributed by atoms with Gasteiger partial charge in [0.25, 0.3) is 0 Å². The van der Waals surface area contributed by atoms with Gasteiger partial charge in [-0.3, -0.25) is 9.88 Å². The van der Waals surface area contributed by atoms with E-state index in [0.29, 0.717) is 6.04 Å². The Hall–Kier alpha value is -0.970. The maximum atomic E-state index is 4.63. The molecule has 1 atom stereocenters. The lowest BCUT2D eigenvalue weighted by atomic mass is 10.1. The molecule has 20 heavy (non-hydrogen) atoms. The van der Waals surface area contributed by atoms with E-state index in [9.17, 15) is 0 Å². The molecule has 0 spiro atoms. The van der Waals surface area contributed by atoms with E-state index >= 15 is 0 Å². The van der Waals surface area contributed by atoms with E-state index in [1.165, 1.54) is 24.1 Å². The van der Waals surface area contributed by atoms with Crippen LogP contribution in [-0.2, 0) is 13.1 Å². The van der Waals surface area contributed by atoms with Gasteiger partial charge in [0, 0.05) is 51.0 Å². The second kappa shape index (κ2) is 6.20. The van der Waals surface area contributed by atoms with Crippen LogP contribution in [-0.4, -0.2) is 53.5 Å². The van der Waals surface area contributed by atoms with Crippen LogP contribution in [0.1, 0.15) is 31.0 Å². The fourth-order valence-electron chi connectivity index (χ4n) is 2.82. The van der Waals surface area contributed by atoms with Crippen LogP contribution in [0.25, 0.3) is 0 Å². The molecule has 1 N–H and O–H groups in total. The molecule has 0 bridgehead atoms. The molecule has 1 aromatic rings. The van der Waals surface area contributed by atoms with Crippen LogP contribution in [0.2, 0.25) is 0 Å². The summed E-state index contributed by atoms with van der Waals surface area (Å²) in [7, 11) is 2.20. The van der Waals surface area contributed by atoms with E-state index in [1.807, 2.05) is 6.20 Å². The molecule has 2 fully saturated rings. The summed E-state index contributed by atoms with van der Waals surface area (Å²) in [6.45, 7) is 7.71. The molecular weight excluding hydrogens is 248 g/mol. The molecule has 1 unspecified atom stereocenters. The Morgan fingerprint density at radius 3 is 2.80 bits per heavy atom. The van der Waals surface area contributed by atoms with Crippen molar-refractivity contribution in [1.82, 2.24) is 20.1 Å². The maximum absolute atomic E-state index is 4.63. The Bertz CT molecular complexity index is 427. The third-order valence-electron chi connectivity index (χ3n) is 4.39. The van der Waals surface area contributed by atoms with E-state index in [4.69, 9.17) is 0 Å². The number of piperazine rings is 1. The molecule has 1 saturated carbocycles. The van der Waals surface area contributed by atoms with Crippen LogP contribution in [0.15, 0.2) is 18.3 Å². The van der Waals surface area contributed by atoms with Crippen molar-refractivity contribution in [3.05, 3.63) is 29.6 Å². The number of nitrogens with one attached hydrogen (secondary N) is 1. The second-order valence-electron chi connectivity index (χ2n) is 6.39. The van der Waals surface area contributed by atoms with Crippen molar-refractivity contribution in [2.45, 2.75) is 44.9 Å². The summed E-state index contributed by atoms with van der Waals surface area (Å²) in [5.41, 5.74) is 2.49. The first-order valence-corrected chi connectivity index (χ1v) is 7.80. The predicted octanol–water partition coefficient (Wildman–Crippen LogP) is 1.47. The molecule has 1 aliphatic heterocycles. The summed E-state index contributed by atoms with van der Waals surface area (Å²) in [6, 6.07) is 5.79. The smallest absolute Gasteiger partial charge is 0.0544 e. The van der Waals surface area contributed by atoms with Crippen molar-refractivity contribution in [3.63, 3.8) is 0 Å². The van der Waals surface area contributed by atoms with E-state index < -0.39 is 0 Å². The van der Waals surface area contributed by atoms with Gasteiger partial charge in [-0.05, 0) is 38.4 Å². The molecule has 2 aliphatic rings. The summed E-state index contributed by atoms with van der Waals surface area (Å²) in [4.78, 5) is 9.57. The number of nitrogens with zero attached hydrogens (tertiary/aromatic N) is 3. The number of hydrogen-bond acceptors (Lipinski definition) is 4. The highest BCUT2D eigenvalue weighted by Crippen LogP contribution is 2.19. The van der Waals surface area contributed by atoms with Gasteiger partial charge >= 0.3 is 0 Å². The minimum Gasteiger partial charge on any atom is -0.310 e. The largest absolute Gasteiger partial charge is 0.310 e. The zero-order valence-electron chi connectivity index (χ0n) is 12.7. The Labute approximate surface area is 122 Å². The van der Waals surface area contributed by atoms with Crippen molar-refractivity contribution in [3.8, 4) is 0 Å². The minimum absolute atomic E-state index is 0.617. The average molecular weight is 274 g/mol. The lowest BCUT2D eigenvalue weighted by Gasteiger charge is -2.37. The first kappa shape index (κ1) is 14.0. The number of pyridine rings is 1. The van der Waals surface area contributed by atoms with Crippen molar-refractivity contribution in [1.29, 1.82) is 0 Å². The van der Waals surface area contributed by atoms with Crippen LogP contribution < -0.4 is 5.32 Å². The molecule has 0 aromatic carbocycles. The average Bonchev–Trinajstić information content (AvgIpc) is 3.25. The Balaban J connectivity index is 1.51. The molecular formula is C16H26N4. The second-order valence-corrected chi connectivity index (χ2v) is 6.39. The number of rotatable bonds is 5. The van der Waals surface area contributed by atoms with E-state index in [2.05, 4.69) is 46.2 Å². The van der Waals surface area contributed by atoms with Gasteiger partial charge in [-0.1, -0.05) is 6.07 Å². The Morgan fingerprint density at radius 1 is 1.30 bits per heavy atom. The van der Waals surface area contributed by atoms with Crippen molar-refractivity contribution in [2.75, 3.05) is 26.7 Å². The third kappa shape index (κ3) is 3.78. The van der Waals surface area contributed by atoms with Crippen molar-refractivity contribution in [2.24, 2.45) is 0 Å². The van der Waals surface area contributed by atoms with Gasteiger partial charge in [-0.15, -0.1) is 0 Å². The van der Waals surface area contributed by atoms with Crippen molar-refractivity contribution < 1.29 is 0 Å². The molecule has 2 heterocycles. The summed E-state index contributed by atoms with van der Waals surface area (Å²) in [6.07, 6.45) is 4.71. The van der Waals surface area contributed by atoms with E-state index in [1.54, 1.807) is 0 Å². The van der Waals surface area contributed by atoms with E-state index in [0.717, 1.165) is 38.8 Å². The van der Waals surface area contributed by atoms with Crippen LogP contribution >= 0.6 is 0 Å². The molecule has 0 radical (unpaired) electrons.